The third kappa shape index (κ3) is 3.39. The monoisotopic (exact) mass is 352 g/mol. The Labute approximate surface area is 149 Å². The molecule has 5 nitrogen and oxygen atoms in total. The van der Waals surface area contributed by atoms with Crippen LogP contribution in [0.25, 0.3) is 0 Å². The molecule has 126 valence electrons. The van der Waals surface area contributed by atoms with Crippen LogP contribution in [-0.4, -0.2) is 18.5 Å². The number of rotatable bonds is 4. The largest absolute Gasteiger partial charge is 0.497 e. The topological polar surface area (TPSA) is 60.2 Å². The molecule has 1 aliphatic heterocycles. The Morgan fingerprint density at radius 3 is 2.60 bits per heavy atom. The third-order valence-electron chi connectivity index (χ3n) is 3.84. The minimum atomic E-state index is -0.149. The number of aliphatic imine (C=N–C) groups is 2. The fourth-order valence-corrected chi connectivity index (χ4v) is 3.74. The first-order chi connectivity index (χ1) is 12.3. The second-order valence-electron chi connectivity index (χ2n) is 5.46. The van der Waals surface area contributed by atoms with Crippen LogP contribution < -0.4 is 4.74 Å². The van der Waals surface area contributed by atoms with Crippen molar-refractivity contribution >= 4 is 23.1 Å². The predicted molar refractivity (Wildman–Crippen MR) is 98.5 cm³/mol. The number of hydrogen-bond donors (Lipinski definition) is 0. The standard InChI is InChI=1S/C19H16N2O3S/c1-22-14-6-2-5-13(11-14)12-20-19-21-17(15-7-3-9-23-15)18(25-19)16-8-4-10-24-16/h2-12,17-18H,1H3/t17-,18-/m1/s1. The molecule has 0 saturated carbocycles. The normalized spacial score (nSPS) is 20.1. The molecule has 0 bridgehead atoms. The zero-order chi connectivity index (χ0) is 17.1. The Kier molecular flexibility index (Phi) is 4.43. The van der Waals surface area contributed by atoms with Gasteiger partial charge in [0.25, 0.3) is 0 Å². The fourth-order valence-electron chi connectivity index (χ4n) is 2.65. The number of hydrogen-bond acceptors (Lipinski definition) is 6. The van der Waals surface area contributed by atoms with Crippen molar-refractivity contribution in [2.24, 2.45) is 9.98 Å². The van der Waals surface area contributed by atoms with E-state index in [1.165, 1.54) is 0 Å². The maximum atomic E-state index is 5.58. The first-order valence-electron chi connectivity index (χ1n) is 7.83. The minimum Gasteiger partial charge on any atom is -0.497 e. The Morgan fingerprint density at radius 2 is 1.88 bits per heavy atom. The van der Waals surface area contributed by atoms with Crippen LogP contribution in [0.1, 0.15) is 28.4 Å². The first kappa shape index (κ1) is 15.8. The van der Waals surface area contributed by atoms with Crippen molar-refractivity contribution in [1.29, 1.82) is 0 Å². The van der Waals surface area contributed by atoms with Gasteiger partial charge in [-0.25, -0.2) is 9.98 Å². The van der Waals surface area contributed by atoms with Crippen LogP contribution in [0.15, 0.2) is 79.9 Å². The molecular weight excluding hydrogens is 336 g/mol. The maximum absolute atomic E-state index is 5.58. The van der Waals surface area contributed by atoms with E-state index >= 15 is 0 Å². The summed E-state index contributed by atoms with van der Waals surface area (Å²) in [4.78, 5) is 9.26. The van der Waals surface area contributed by atoms with Crippen molar-refractivity contribution < 1.29 is 13.6 Å². The lowest BCUT2D eigenvalue weighted by atomic mass is 10.1. The van der Waals surface area contributed by atoms with Crippen LogP contribution in [0.3, 0.4) is 0 Å². The van der Waals surface area contributed by atoms with Crippen molar-refractivity contribution in [3.63, 3.8) is 0 Å². The molecule has 2 atom stereocenters. The average molecular weight is 352 g/mol. The predicted octanol–water partition coefficient (Wildman–Crippen LogP) is 4.89. The van der Waals surface area contributed by atoms with Crippen LogP contribution in [0, 0.1) is 0 Å². The molecule has 0 N–H and O–H groups in total. The molecule has 25 heavy (non-hydrogen) atoms. The quantitative estimate of drug-likeness (QED) is 0.628. The van der Waals surface area contributed by atoms with Crippen molar-refractivity contribution in [3.05, 3.63) is 78.1 Å². The first-order valence-corrected chi connectivity index (χ1v) is 8.71. The highest BCUT2D eigenvalue weighted by Gasteiger charge is 2.36. The summed E-state index contributed by atoms with van der Waals surface area (Å²) in [7, 11) is 1.65. The molecule has 6 heteroatoms. The van der Waals surface area contributed by atoms with E-state index < -0.39 is 0 Å². The van der Waals surface area contributed by atoms with Gasteiger partial charge in [0.15, 0.2) is 5.17 Å². The van der Waals surface area contributed by atoms with Gasteiger partial charge in [-0.2, -0.15) is 0 Å². The summed E-state index contributed by atoms with van der Waals surface area (Å²) in [6.45, 7) is 0. The van der Waals surface area contributed by atoms with Gasteiger partial charge in [0.05, 0.1) is 19.6 Å². The van der Waals surface area contributed by atoms with E-state index in [2.05, 4.69) is 4.99 Å². The number of furan rings is 2. The summed E-state index contributed by atoms with van der Waals surface area (Å²) in [5.41, 5.74) is 0.957. The summed E-state index contributed by atoms with van der Waals surface area (Å²) in [5.74, 6) is 2.47. The number of ether oxygens (including phenoxy) is 1. The highest BCUT2D eigenvalue weighted by atomic mass is 32.2. The summed E-state index contributed by atoms with van der Waals surface area (Å²) >= 11 is 1.57. The molecule has 0 unspecified atom stereocenters. The highest BCUT2D eigenvalue weighted by Crippen LogP contribution is 2.48. The molecule has 3 heterocycles. The Bertz CT molecular complexity index is 885. The third-order valence-corrected chi connectivity index (χ3v) is 5.01. The van der Waals surface area contributed by atoms with Crippen molar-refractivity contribution in [1.82, 2.24) is 0 Å². The Hall–Kier alpha value is -2.73. The molecule has 0 spiro atoms. The van der Waals surface area contributed by atoms with Gasteiger partial charge >= 0.3 is 0 Å². The summed E-state index contributed by atoms with van der Waals surface area (Å²) < 4.78 is 16.4. The summed E-state index contributed by atoms with van der Waals surface area (Å²) in [6, 6.07) is 15.2. The summed E-state index contributed by atoms with van der Waals surface area (Å²) in [5, 5.41) is 0.712. The highest BCUT2D eigenvalue weighted by molar-refractivity contribution is 8.14. The lowest BCUT2D eigenvalue weighted by Crippen LogP contribution is -1.99. The van der Waals surface area contributed by atoms with Crippen molar-refractivity contribution in [2.45, 2.75) is 11.3 Å². The van der Waals surface area contributed by atoms with Gasteiger partial charge in [0.2, 0.25) is 0 Å². The lowest BCUT2D eigenvalue weighted by molar-refractivity contribution is 0.415. The second-order valence-corrected chi connectivity index (χ2v) is 6.57. The Morgan fingerprint density at radius 1 is 1.08 bits per heavy atom. The number of amidine groups is 1. The zero-order valence-electron chi connectivity index (χ0n) is 13.5. The van der Waals surface area contributed by atoms with E-state index in [0.717, 1.165) is 22.8 Å². The Balaban J connectivity index is 1.59. The van der Waals surface area contributed by atoms with Gasteiger partial charge in [0, 0.05) is 6.21 Å². The smallest absolute Gasteiger partial charge is 0.184 e. The van der Waals surface area contributed by atoms with Crippen molar-refractivity contribution in [2.75, 3.05) is 7.11 Å². The lowest BCUT2D eigenvalue weighted by Gasteiger charge is -2.11. The van der Waals surface area contributed by atoms with E-state index in [4.69, 9.17) is 18.6 Å². The van der Waals surface area contributed by atoms with Gasteiger partial charge in [-0.05, 0) is 42.0 Å². The second kappa shape index (κ2) is 7.03. The van der Waals surface area contributed by atoms with Crippen LogP contribution in [0.4, 0.5) is 0 Å². The summed E-state index contributed by atoms with van der Waals surface area (Å²) in [6.07, 6.45) is 5.12. The number of nitrogens with zero attached hydrogens (tertiary/aromatic N) is 2. The zero-order valence-corrected chi connectivity index (χ0v) is 14.3. The number of thioether (sulfide) groups is 1. The van der Waals surface area contributed by atoms with Gasteiger partial charge < -0.3 is 13.6 Å². The van der Waals surface area contributed by atoms with Crippen LogP contribution >= 0.6 is 11.8 Å². The minimum absolute atomic E-state index is 0.0126. The van der Waals surface area contributed by atoms with Gasteiger partial charge in [0.1, 0.15) is 28.6 Å². The molecule has 0 amide bonds. The molecular formula is C19H16N2O3S. The van der Waals surface area contributed by atoms with Crippen molar-refractivity contribution in [3.8, 4) is 5.75 Å². The molecule has 4 rings (SSSR count). The molecule has 1 aromatic carbocycles. The molecule has 1 aliphatic rings. The average Bonchev–Trinajstić information content (AvgIpc) is 3.40. The number of benzene rings is 1. The molecule has 3 aromatic rings. The fraction of sp³-hybridized carbons (Fsp3) is 0.158. The maximum Gasteiger partial charge on any atom is 0.184 e. The van der Waals surface area contributed by atoms with E-state index in [9.17, 15) is 0 Å². The van der Waals surface area contributed by atoms with Crippen LogP contribution in [0.2, 0.25) is 0 Å². The van der Waals surface area contributed by atoms with Crippen LogP contribution in [0.5, 0.6) is 5.75 Å². The van der Waals surface area contributed by atoms with E-state index in [1.807, 2.05) is 48.5 Å². The van der Waals surface area contributed by atoms with Crippen LogP contribution in [-0.2, 0) is 0 Å². The molecule has 0 aliphatic carbocycles. The van der Waals surface area contributed by atoms with Gasteiger partial charge in [-0.1, -0.05) is 23.9 Å². The molecule has 0 fully saturated rings. The molecule has 0 saturated heterocycles. The SMILES string of the molecule is COc1cccc(C=NC2=N[C@H](c3ccco3)[C@@H](c3ccco3)S2)c1. The van der Waals surface area contributed by atoms with E-state index in [1.54, 1.807) is 37.6 Å². The number of methoxy groups -OCH3 is 1. The van der Waals surface area contributed by atoms with Gasteiger partial charge in [-0.3, -0.25) is 0 Å². The van der Waals surface area contributed by atoms with E-state index in [0.29, 0.717) is 5.17 Å². The van der Waals surface area contributed by atoms with Gasteiger partial charge in [-0.15, -0.1) is 0 Å². The molecule has 2 aromatic heterocycles. The molecule has 0 radical (unpaired) electrons. The van der Waals surface area contributed by atoms with E-state index in [-0.39, 0.29) is 11.3 Å².